The summed E-state index contributed by atoms with van der Waals surface area (Å²) in [6.07, 6.45) is 1.34. The molecule has 6 nitrogen and oxygen atoms in total. The van der Waals surface area contributed by atoms with Crippen molar-refractivity contribution in [1.29, 1.82) is 0 Å². The van der Waals surface area contributed by atoms with E-state index in [-0.39, 0.29) is 6.61 Å². The smallest absolute Gasteiger partial charge is 0.341 e. The van der Waals surface area contributed by atoms with Gasteiger partial charge in [0.25, 0.3) is 0 Å². The first-order chi connectivity index (χ1) is 13.1. The highest BCUT2D eigenvalue weighted by Gasteiger charge is 2.17. The molecule has 1 aromatic heterocycles. The molecule has 138 valence electrons. The number of esters is 1. The van der Waals surface area contributed by atoms with Crippen molar-refractivity contribution in [1.82, 2.24) is 0 Å². The quantitative estimate of drug-likeness (QED) is 0.288. The minimum Gasteiger partial charge on any atom is -0.503 e. The van der Waals surface area contributed by atoms with E-state index in [0.29, 0.717) is 22.5 Å². The summed E-state index contributed by atoms with van der Waals surface area (Å²) in [7, 11) is 2.78. The molecule has 6 heteroatoms. The van der Waals surface area contributed by atoms with Gasteiger partial charge >= 0.3 is 11.6 Å². The highest BCUT2D eigenvalue weighted by Crippen LogP contribution is 2.24. The molecule has 0 unspecified atom stereocenters. The second-order valence-electron chi connectivity index (χ2n) is 5.66. The van der Waals surface area contributed by atoms with Crippen LogP contribution < -0.4 is 10.4 Å². The molecular weight excluding hydrogens is 348 g/mol. The highest BCUT2D eigenvalue weighted by atomic mass is 16.5. The molecule has 0 atom stereocenters. The summed E-state index contributed by atoms with van der Waals surface area (Å²) in [5.41, 5.74) is 1.75. The molecule has 0 fully saturated rings. The van der Waals surface area contributed by atoms with Crippen LogP contribution in [0.4, 0.5) is 0 Å². The standard InChI is InChI=1S/C21H18O6/c1-24-13-18(21(23)25-2)17-6-4-3-5-15(17)12-26-16-9-7-14-8-10-20(22)27-19(14)11-16/h3-11,13H,12H2,1-2H3/b18-13+. The molecule has 3 rings (SSSR count). The monoisotopic (exact) mass is 366 g/mol. The van der Waals surface area contributed by atoms with Crippen molar-refractivity contribution in [2.75, 3.05) is 14.2 Å². The number of benzene rings is 2. The van der Waals surface area contributed by atoms with E-state index in [9.17, 15) is 9.59 Å². The van der Waals surface area contributed by atoms with Crippen molar-refractivity contribution in [2.24, 2.45) is 0 Å². The van der Waals surface area contributed by atoms with E-state index in [4.69, 9.17) is 18.6 Å². The zero-order valence-corrected chi connectivity index (χ0v) is 14.9. The Morgan fingerprint density at radius 1 is 1.07 bits per heavy atom. The molecule has 0 N–H and O–H groups in total. The summed E-state index contributed by atoms with van der Waals surface area (Å²) < 4.78 is 20.9. The molecule has 0 aliphatic carbocycles. The zero-order valence-electron chi connectivity index (χ0n) is 14.9. The maximum absolute atomic E-state index is 12.1. The van der Waals surface area contributed by atoms with Crippen molar-refractivity contribution in [3.8, 4) is 5.75 Å². The summed E-state index contributed by atoms with van der Waals surface area (Å²) >= 11 is 0. The van der Waals surface area contributed by atoms with Gasteiger partial charge in [-0.25, -0.2) is 9.59 Å². The number of rotatable bonds is 6. The molecule has 0 radical (unpaired) electrons. The molecule has 0 bridgehead atoms. The number of methoxy groups -OCH3 is 2. The van der Waals surface area contributed by atoms with Gasteiger partial charge in [-0.05, 0) is 29.3 Å². The molecule has 0 aliphatic rings. The maximum Gasteiger partial charge on any atom is 0.341 e. The summed E-state index contributed by atoms with van der Waals surface area (Å²) in [6, 6.07) is 15.6. The average molecular weight is 366 g/mol. The number of hydrogen-bond acceptors (Lipinski definition) is 6. The SMILES string of the molecule is CO/C=C(/C(=O)OC)c1ccccc1COc1ccc2ccc(=O)oc2c1. The molecule has 1 heterocycles. The van der Waals surface area contributed by atoms with Gasteiger partial charge in [0.05, 0.1) is 20.5 Å². The van der Waals surface area contributed by atoms with Gasteiger partial charge in [0, 0.05) is 17.5 Å². The van der Waals surface area contributed by atoms with Gasteiger partial charge in [0.2, 0.25) is 0 Å². The van der Waals surface area contributed by atoms with Crippen LogP contribution in [0.2, 0.25) is 0 Å². The fraction of sp³-hybridized carbons (Fsp3) is 0.143. The number of carbonyl (C=O) groups is 1. The Hall–Kier alpha value is -3.54. The zero-order chi connectivity index (χ0) is 19.2. The van der Waals surface area contributed by atoms with Gasteiger partial charge in [0.1, 0.15) is 23.5 Å². The third-order valence-corrected chi connectivity index (χ3v) is 3.94. The number of hydrogen-bond donors (Lipinski definition) is 0. The molecule has 0 saturated carbocycles. The molecule has 27 heavy (non-hydrogen) atoms. The van der Waals surface area contributed by atoms with Crippen LogP contribution in [0.5, 0.6) is 5.75 Å². The van der Waals surface area contributed by atoms with E-state index >= 15 is 0 Å². The van der Waals surface area contributed by atoms with Gasteiger partial charge < -0.3 is 18.6 Å². The molecule has 0 spiro atoms. The molecule has 2 aromatic carbocycles. The number of fused-ring (bicyclic) bond motifs is 1. The van der Waals surface area contributed by atoms with E-state index in [1.165, 1.54) is 26.5 Å². The Bertz CT molecular complexity index is 1050. The Kier molecular flexibility index (Phi) is 5.56. The molecular formula is C21H18O6. The lowest BCUT2D eigenvalue weighted by atomic mass is 10.0. The van der Waals surface area contributed by atoms with Gasteiger partial charge in [-0.3, -0.25) is 0 Å². The largest absolute Gasteiger partial charge is 0.503 e. The lowest BCUT2D eigenvalue weighted by Crippen LogP contribution is -2.08. The third kappa shape index (κ3) is 4.17. The van der Waals surface area contributed by atoms with Crippen LogP contribution in [0.3, 0.4) is 0 Å². The third-order valence-electron chi connectivity index (χ3n) is 3.94. The predicted octanol–water partition coefficient (Wildman–Crippen LogP) is 3.53. The molecule has 0 saturated heterocycles. The van der Waals surface area contributed by atoms with Crippen molar-refractivity contribution < 1.29 is 23.4 Å². The van der Waals surface area contributed by atoms with Gasteiger partial charge in [-0.1, -0.05) is 24.3 Å². The molecule has 3 aromatic rings. The highest BCUT2D eigenvalue weighted by molar-refractivity contribution is 6.16. The molecule has 0 aliphatic heterocycles. The van der Waals surface area contributed by atoms with Gasteiger partial charge in [-0.2, -0.15) is 0 Å². The van der Waals surface area contributed by atoms with Crippen LogP contribution in [0, 0.1) is 0 Å². The summed E-state index contributed by atoms with van der Waals surface area (Å²) in [6.45, 7) is 0.205. The van der Waals surface area contributed by atoms with E-state index in [1.54, 1.807) is 24.3 Å². The summed E-state index contributed by atoms with van der Waals surface area (Å²) in [5, 5.41) is 0.804. The average Bonchev–Trinajstić information content (AvgIpc) is 2.70. The Labute approximate surface area is 155 Å². The van der Waals surface area contributed by atoms with Gasteiger partial charge in [-0.15, -0.1) is 0 Å². The maximum atomic E-state index is 12.1. The van der Waals surface area contributed by atoms with Crippen LogP contribution in [0.1, 0.15) is 11.1 Å². The van der Waals surface area contributed by atoms with E-state index in [1.807, 2.05) is 24.3 Å². The fourth-order valence-corrected chi connectivity index (χ4v) is 2.65. The Balaban J connectivity index is 1.87. The van der Waals surface area contributed by atoms with Crippen LogP contribution in [-0.4, -0.2) is 20.2 Å². The summed E-state index contributed by atoms with van der Waals surface area (Å²) in [5.74, 6) is 0.0405. The molecule has 0 amide bonds. The van der Waals surface area contributed by atoms with Gasteiger partial charge in [0.15, 0.2) is 0 Å². The topological polar surface area (TPSA) is 75.0 Å². The number of carbonyl (C=O) groups excluding carboxylic acids is 1. The number of ether oxygens (including phenoxy) is 3. The van der Waals surface area contributed by atoms with Crippen molar-refractivity contribution in [3.63, 3.8) is 0 Å². The fourth-order valence-electron chi connectivity index (χ4n) is 2.65. The second kappa shape index (κ2) is 8.23. The van der Waals surface area contributed by atoms with Crippen LogP contribution in [-0.2, 0) is 20.9 Å². The lowest BCUT2D eigenvalue weighted by Gasteiger charge is -2.13. The second-order valence-corrected chi connectivity index (χ2v) is 5.66. The van der Waals surface area contributed by atoms with Crippen molar-refractivity contribution >= 4 is 22.5 Å². The van der Waals surface area contributed by atoms with Crippen LogP contribution >= 0.6 is 0 Å². The minimum atomic E-state index is -0.503. The lowest BCUT2D eigenvalue weighted by molar-refractivity contribution is -0.133. The summed E-state index contributed by atoms with van der Waals surface area (Å²) in [4.78, 5) is 23.4. The first kappa shape index (κ1) is 18.3. The Morgan fingerprint density at radius 2 is 1.85 bits per heavy atom. The van der Waals surface area contributed by atoms with E-state index in [0.717, 1.165) is 10.9 Å². The van der Waals surface area contributed by atoms with E-state index in [2.05, 4.69) is 0 Å². The first-order valence-electron chi connectivity index (χ1n) is 8.18. The van der Waals surface area contributed by atoms with Crippen LogP contribution in [0.25, 0.3) is 16.5 Å². The minimum absolute atomic E-state index is 0.205. The van der Waals surface area contributed by atoms with Crippen molar-refractivity contribution in [3.05, 3.63) is 82.4 Å². The van der Waals surface area contributed by atoms with Crippen molar-refractivity contribution in [2.45, 2.75) is 6.61 Å². The van der Waals surface area contributed by atoms with Crippen LogP contribution in [0.15, 0.2) is 70.1 Å². The normalized spacial score (nSPS) is 11.3. The predicted molar refractivity (Wildman–Crippen MR) is 100 cm³/mol. The first-order valence-corrected chi connectivity index (χ1v) is 8.18. The Morgan fingerprint density at radius 3 is 2.63 bits per heavy atom. The van der Waals surface area contributed by atoms with E-state index < -0.39 is 11.6 Å².